The third-order valence-electron chi connectivity index (χ3n) is 5.03. The first kappa shape index (κ1) is 22.2. The number of benzene rings is 1. The van der Waals surface area contributed by atoms with Gasteiger partial charge >= 0.3 is 5.97 Å². The largest absolute Gasteiger partial charge is 0.494 e. The summed E-state index contributed by atoms with van der Waals surface area (Å²) in [7, 11) is 1.86. The van der Waals surface area contributed by atoms with Crippen LogP contribution in [-0.4, -0.2) is 72.7 Å². The molecule has 156 valence electrons. The number of carboxylic acid groups (broad SMARTS) is 1. The number of rotatable bonds is 10. The van der Waals surface area contributed by atoms with Crippen LogP contribution < -0.4 is 10.1 Å². The highest BCUT2D eigenvalue weighted by Crippen LogP contribution is 2.16. The van der Waals surface area contributed by atoms with E-state index in [-0.39, 0.29) is 18.5 Å². The van der Waals surface area contributed by atoms with Crippen LogP contribution in [-0.2, 0) is 16.1 Å². The highest BCUT2D eigenvalue weighted by atomic mass is 16.5. The first-order valence-corrected chi connectivity index (χ1v) is 10.1. The fraction of sp³-hybridized carbons (Fsp3) is 0.619. The Balaban J connectivity index is 1.75. The van der Waals surface area contributed by atoms with Gasteiger partial charge in [-0.15, -0.1) is 0 Å². The van der Waals surface area contributed by atoms with Crippen molar-refractivity contribution < 1.29 is 19.4 Å². The van der Waals surface area contributed by atoms with Gasteiger partial charge in [0.25, 0.3) is 0 Å². The first-order valence-electron chi connectivity index (χ1n) is 10.1. The Bertz CT molecular complexity index is 638. The molecule has 1 saturated heterocycles. The molecule has 0 aliphatic carbocycles. The van der Waals surface area contributed by atoms with E-state index in [4.69, 9.17) is 9.84 Å². The van der Waals surface area contributed by atoms with Gasteiger partial charge in [-0.05, 0) is 57.0 Å². The molecule has 0 bridgehead atoms. The van der Waals surface area contributed by atoms with Crippen LogP contribution in [0.1, 0.15) is 38.2 Å². The summed E-state index contributed by atoms with van der Waals surface area (Å²) >= 11 is 0. The predicted molar refractivity (Wildman–Crippen MR) is 108 cm³/mol. The molecular weight excluding hydrogens is 358 g/mol. The molecule has 0 radical (unpaired) electrons. The summed E-state index contributed by atoms with van der Waals surface area (Å²) in [5.74, 6) is 0.0435. The Morgan fingerprint density at radius 1 is 1.32 bits per heavy atom. The molecular formula is C21H33N3O4. The van der Waals surface area contributed by atoms with Crippen molar-refractivity contribution in [2.24, 2.45) is 0 Å². The molecule has 1 fully saturated rings. The number of nitrogens with zero attached hydrogens (tertiary/aromatic N) is 2. The lowest BCUT2D eigenvalue weighted by molar-refractivity contribution is -0.138. The van der Waals surface area contributed by atoms with Gasteiger partial charge in [0.1, 0.15) is 5.75 Å². The highest BCUT2D eigenvalue weighted by Gasteiger charge is 2.22. The lowest BCUT2D eigenvalue weighted by Gasteiger charge is -2.25. The van der Waals surface area contributed by atoms with Gasteiger partial charge < -0.3 is 15.2 Å². The van der Waals surface area contributed by atoms with Crippen molar-refractivity contribution in [1.82, 2.24) is 15.1 Å². The van der Waals surface area contributed by atoms with Gasteiger partial charge in [-0.25, -0.2) is 0 Å². The van der Waals surface area contributed by atoms with Crippen molar-refractivity contribution in [3.63, 3.8) is 0 Å². The first-order chi connectivity index (χ1) is 13.5. The van der Waals surface area contributed by atoms with E-state index in [1.165, 1.54) is 0 Å². The van der Waals surface area contributed by atoms with Crippen molar-refractivity contribution in [2.45, 2.75) is 45.2 Å². The molecule has 0 spiro atoms. The summed E-state index contributed by atoms with van der Waals surface area (Å²) in [5, 5.41) is 11.9. The van der Waals surface area contributed by atoms with E-state index in [0.29, 0.717) is 19.7 Å². The quantitative estimate of drug-likeness (QED) is 0.635. The number of hydrogen-bond acceptors (Lipinski definition) is 5. The maximum absolute atomic E-state index is 12.3. The van der Waals surface area contributed by atoms with Gasteiger partial charge in [0.2, 0.25) is 5.91 Å². The van der Waals surface area contributed by atoms with Gasteiger partial charge in [-0.1, -0.05) is 19.1 Å². The van der Waals surface area contributed by atoms with E-state index in [9.17, 15) is 9.59 Å². The van der Waals surface area contributed by atoms with Crippen molar-refractivity contribution >= 4 is 11.9 Å². The number of likely N-dealkylation sites (tertiary alicyclic amines) is 1. The van der Waals surface area contributed by atoms with E-state index >= 15 is 0 Å². The van der Waals surface area contributed by atoms with Gasteiger partial charge in [0.05, 0.1) is 19.7 Å². The lowest BCUT2D eigenvalue weighted by Crippen LogP contribution is -2.39. The van der Waals surface area contributed by atoms with E-state index in [1.807, 2.05) is 36.2 Å². The summed E-state index contributed by atoms with van der Waals surface area (Å²) in [5.41, 5.74) is 1.02. The Labute approximate surface area is 167 Å². The minimum atomic E-state index is -0.799. The lowest BCUT2D eigenvalue weighted by atomic mass is 10.1. The summed E-state index contributed by atoms with van der Waals surface area (Å²) < 4.78 is 5.63. The zero-order valence-corrected chi connectivity index (χ0v) is 17.0. The number of nitrogens with one attached hydrogen (secondary N) is 1. The van der Waals surface area contributed by atoms with Crippen LogP contribution in [0.15, 0.2) is 24.3 Å². The Kier molecular flexibility index (Phi) is 9.23. The Hall–Kier alpha value is -2.12. The van der Waals surface area contributed by atoms with Crippen molar-refractivity contribution in [3.05, 3.63) is 29.8 Å². The summed E-state index contributed by atoms with van der Waals surface area (Å²) in [4.78, 5) is 27.3. The van der Waals surface area contributed by atoms with Crippen LogP contribution in [0.3, 0.4) is 0 Å². The number of likely N-dealkylation sites (N-methyl/N-ethyl adjacent to an activating group) is 1. The molecule has 1 aliphatic heterocycles. The van der Waals surface area contributed by atoms with Crippen molar-refractivity contribution in [1.29, 1.82) is 0 Å². The molecule has 1 aromatic carbocycles. The molecule has 28 heavy (non-hydrogen) atoms. The molecule has 1 amide bonds. The number of ether oxygens (including phenoxy) is 1. The molecule has 1 atom stereocenters. The molecule has 1 aromatic rings. The highest BCUT2D eigenvalue weighted by molar-refractivity contribution is 5.78. The number of carboxylic acids is 1. The van der Waals surface area contributed by atoms with Crippen LogP contribution in [0, 0.1) is 0 Å². The molecule has 1 aliphatic rings. The molecule has 7 nitrogen and oxygen atoms in total. The van der Waals surface area contributed by atoms with Crippen LogP contribution in [0.2, 0.25) is 0 Å². The second-order valence-electron chi connectivity index (χ2n) is 7.44. The number of carbonyl (C=O) groups is 2. The minimum absolute atomic E-state index is 0.0113. The predicted octanol–water partition coefficient (Wildman–Crippen LogP) is 1.96. The standard InChI is InChI=1S/C21H33N3O4/c1-3-12-28-19-8-4-6-17(13-19)14-22-20(25)15-24-10-5-7-18(9-11-24)23(2)16-21(26)27/h4,6,8,13,18H,3,5,7,9-12,14-16H2,1-2H3,(H,22,25)(H,26,27). The van der Waals surface area contributed by atoms with Crippen LogP contribution in [0.5, 0.6) is 5.75 Å². The zero-order chi connectivity index (χ0) is 20.4. The normalized spacial score (nSPS) is 17.9. The third kappa shape index (κ3) is 7.86. The number of amides is 1. The molecule has 0 aromatic heterocycles. The maximum Gasteiger partial charge on any atom is 0.317 e. The molecule has 2 rings (SSSR count). The van der Waals surface area contributed by atoms with E-state index < -0.39 is 5.97 Å². The fourth-order valence-corrected chi connectivity index (χ4v) is 3.50. The fourth-order valence-electron chi connectivity index (χ4n) is 3.50. The van der Waals surface area contributed by atoms with Crippen LogP contribution in [0.25, 0.3) is 0 Å². The monoisotopic (exact) mass is 391 g/mol. The zero-order valence-electron chi connectivity index (χ0n) is 17.0. The second-order valence-corrected chi connectivity index (χ2v) is 7.44. The Morgan fingerprint density at radius 2 is 2.14 bits per heavy atom. The number of aliphatic carboxylic acids is 1. The van der Waals surface area contributed by atoms with Gasteiger partial charge in [0, 0.05) is 19.1 Å². The number of carbonyl (C=O) groups excluding carboxylic acids is 1. The molecule has 1 unspecified atom stereocenters. The number of hydrogen-bond donors (Lipinski definition) is 2. The van der Waals surface area contributed by atoms with Gasteiger partial charge in [-0.2, -0.15) is 0 Å². The summed E-state index contributed by atoms with van der Waals surface area (Å²) in [6.07, 6.45) is 3.78. The van der Waals surface area contributed by atoms with Gasteiger partial charge in [-0.3, -0.25) is 19.4 Å². The van der Waals surface area contributed by atoms with E-state index in [1.54, 1.807) is 0 Å². The Morgan fingerprint density at radius 3 is 2.89 bits per heavy atom. The molecule has 2 N–H and O–H groups in total. The summed E-state index contributed by atoms with van der Waals surface area (Å²) in [6, 6.07) is 8.07. The topological polar surface area (TPSA) is 82.1 Å². The molecule has 0 saturated carbocycles. The SMILES string of the molecule is CCCOc1cccc(CNC(=O)CN2CCCC(N(C)CC(=O)O)CC2)c1. The maximum atomic E-state index is 12.3. The minimum Gasteiger partial charge on any atom is -0.494 e. The summed E-state index contributed by atoms with van der Waals surface area (Å²) in [6.45, 7) is 5.35. The van der Waals surface area contributed by atoms with E-state index in [2.05, 4.69) is 17.1 Å². The molecule has 1 heterocycles. The smallest absolute Gasteiger partial charge is 0.317 e. The molecule has 7 heteroatoms. The van der Waals surface area contributed by atoms with Gasteiger partial charge in [0.15, 0.2) is 0 Å². The average molecular weight is 392 g/mol. The van der Waals surface area contributed by atoms with Crippen LogP contribution >= 0.6 is 0 Å². The second kappa shape index (κ2) is 11.7. The van der Waals surface area contributed by atoms with Crippen LogP contribution in [0.4, 0.5) is 0 Å². The van der Waals surface area contributed by atoms with Crippen molar-refractivity contribution in [2.75, 3.05) is 39.8 Å². The average Bonchev–Trinajstić information content (AvgIpc) is 2.90. The van der Waals surface area contributed by atoms with E-state index in [0.717, 1.165) is 50.1 Å². The van der Waals surface area contributed by atoms with Crippen molar-refractivity contribution in [3.8, 4) is 5.75 Å². The third-order valence-corrected chi connectivity index (χ3v) is 5.03.